The van der Waals surface area contributed by atoms with Crippen LogP contribution in [0, 0.1) is 0 Å². The van der Waals surface area contributed by atoms with Gasteiger partial charge < -0.3 is 19.1 Å². The molecular weight excluding hydrogens is 478 g/mol. The van der Waals surface area contributed by atoms with Crippen molar-refractivity contribution in [2.24, 2.45) is 0 Å². The first-order chi connectivity index (χ1) is 18.1. The largest absolute Gasteiger partial charge is 0.490 e. The van der Waals surface area contributed by atoms with Crippen molar-refractivity contribution in [3.63, 3.8) is 0 Å². The molecule has 6 nitrogen and oxygen atoms in total. The van der Waals surface area contributed by atoms with E-state index in [4.69, 9.17) is 9.47 Å². The van der Waals surface area contributed by atoms with Gasteiger partial charge in [-0.25, -0.2) is 4.79 Å². The van der Waals surface area contributed by atoms with E-state index in [2.05, 4.69) is 19.1 Å². The number of esters is 1. The fraction of sp³-hybridized carbons (Fsp3) is 0.500. The lowest BCUT2D eigenvalue weighted by atomic mass is 9.84. The number of aryl methyl sites for hydroxylation is 1. The molecule has 1 atom stereocenters. The van der Waals surface area contributed by atoms with Gasteiger partial charge in [0.1, 0.15) is 18.1 Å². The lowest BCUT2D eigenvalue weighted by Gasteiger charge is -2.22. The predicted octanol–water partition coefficient (Wildman–Crippen LogP) is 7.55. The van der Waals surface area contributed by atoms with E-state index in [1.54, 1.807) is 4.57 Å². The monoisotopic (exact) mass is 521 g/mol. The number of para-hydroxylation sites is 1. The van der Waals surface area contributed by atoms with E-state index in [-0.39, 0.29) is 24.3 Å². The number of ether oxygens (including phenoxy) is 2. The average molecular weight is 522 g/mol. The SMILES string of the molecule is CCCCCCCCc1ccc(OCC(Cn2c(C(=O)O)c(C(C)(C)C)c3ccccc32)OC(C)=O)cc1. The number of hydrogen-bond donors (Lipinski definition) is 1. The highest BCUT2D eigenvalue weighted by atomic mass is 16.6. The summed E-state index contributed by atoms with van der Waals surface area (Å²) in [6, 6.07) is 15.7. The van der Waals surface area contributed by atoms with Crippen molar-refractivity contribution in [1.29, 1.82) is 0 Å². The van der Waals surface area contributed by atoms with Crippen LogP contribution in [0.1, 0.15) is 94.8 Å². The zero-order chi connectivity index (χ0) is 27.7. The molecule has 0 fully saturated rings. The molecule has 206 valence electrons. The van der Waals surface area contributed by atoms with Gasteiger partial charge in [-0.05, 0) is 47.6 Å². The summed E-state index contributed by atoms with van der Waals surface area (Å²) < 4.78 is 13.4. The maximum absolute atomic E-state index is 12.5. The minimum atomic E-state index is -1.01. The van der Waals surface area contributed by atoms with Gasteiger partial charge in [-0.15, -0.1) is 0 Å². The molecule has 1 N–H and O–H groups in total. The number of rotatable bonds is 14. The highest BCUT2D eigenvalue weighted by Gasteiger charge is 2.31. The predicted molar refractivity (Wildman–Crippen MR) is 152 cm³/mol. The van der Waals surface area contributed by atoms with Crippen molar-refractivity contribution in [1.82, 2.24) is 4.57 Å². The lowest BCUT2D eigenvalue weighted by Crippen LogP contribution is -2.30. The fourth-order valence-corrected chi connectivity index (χ4v) is 5.09. The van der Waals surface area contributed by atoms with E-state index < -0.39 is 18.0 Å². The van der Waals surface area contributed by atoms with Crippen LogP contribution in [-0.4, -0.2) is 34.3 Å². The summed E-state index contributed by atoms with van der Waals surface area (Å²) >= 11 is 0. The van der Waals surface area contributed by atoms with E-state index in [1.807, 2.05) is 57.2 Å². The third kappa shape index (κ3) is 7.86. The van der Waals surface area contributed by atoms with E-state index in [0.29, 0.717) is 5.75 Å². The minimum absolute atomic E-state index is 0.118. The number of carbonyl (C=O) groups is 2. The van der Waals surface area contributed by atoms with Gasteiger partial charge in [0.2, 0.25) is 0 Å². The Bertz CT molecular complexity index is 1200. The topological polar surface area (TPSA) is 77.8 Å². The Kier molecular flexibility index (Phi) is 10.4. The van der Waals surface area contributed by atoms with E-state index in [1.165, 1.54) is 51.0 Å². The van der Waals surface area contributed by atoms with Crippen molar-refractivity contribution in [3.05, 3.63) is 65.4 Å². The Balaban J connectivity index is 1.74. The standard InChI is InChI=1S/C32H43NO5/c1-6-7-8-9-10-11-14-24-17-19-25(20-18-24)37-22-26(38-23(2)34)21-33-28-16-13-12-15-27(28)29(32(3,4)5)30(33)31(35)36/h12-13,15-20,26H,6-11,14,21-22H2,1-5H3,(H,35,36). The van der Waals surface area contributed by atoms with E-state index in [0.717, 1.165) is 22.9 Å². The zero-order valence-corrected chi connectivity index (χ0v) is 23.6. The number of aromatic nitrogens is 1. The molecule has 0 aliphatic heterocycles. The fourth-order valence-electron chi connectivity index (χ4n) is 5.09. The second-order valence-electron chi connectivity index (χ2n) is 11.1. The summed E-state index contributed by atoms with van der Waals surface area (Å²) in [5, 5.41) is 11.1. The molecule has 0 aliphatic rings. The van der Waals surface area contributed by atoms with Crippen LogP contribution in [0.2, 0.25) is 0 Å². The highest BCUT2D eigenvalue weighted by Crippen LogP contribution is 2.36. The number of fused-ring (bicyclic) bond motifs is 1. The molecule has 3 rings (SSSR count). The highest BCUT2D eigenvalue weighted by molar-refractivity contribution is 5.99. The van der Waals surface area contributed by atoms with Crippen LogP contribution in [0.5, 0.6) is 5.75 Å². The molecule has 0 aliphatic carbocycles. The first-order valence-electron chi connectivity index (χ1n) is 13.9. The third-order valence-corrected chi connectivity index (χ3v) is 6.82. The maximum Gasteiger partial charge on any atom is 0.352 e. The van der Waals surface area contributed by atoms with Gasteiger partial charge in [0, 0.05) is 17.8 Å². The summed E-state index contributed by atoms with van der Waals surface area (Å²) in [7, 11) is 0. The molecular formula is C32H43NO5. The molecule has 1 aromatic heterocycles. The van der Waals surface area contributed by atoms with Gasteiger partial charge in [-0.3, -0.25) is 4.79 Å². The van der Waals surface area contributed by atoms with Crippen molar-refractivity contribution in [2.45, 2.75) is 97.6 Å². The number of carboxylic acid groups (broad SMARTS) is 1. The smallest absolute Gasteiger partial charge is 0.352 e. The molecule has 0 saturated carbocycles. The molecule has 6 heteroatoms. The van der Waals surface area contributed by atoms with Gasteiger partial charge in [-0.1, -0.05) is 90.1 Å². The van der Waals surface area contributed by atoms with Crippen molar-refractivity contribution >= 4 is 22.8 Å². The van der Waals surface area contributed by atoms with Crippen molar-refractivity contribution in [3.8, 4) is 5.75 Å². The summed E-state index contributed by atoms with van der Waals surface area (Å²) in [5.41, 5.74) is 2.68. The number of hydrogen-bond acceptors (Lipinski definition) is 4. The summed E-state index contributed by atoms with van der Waals surface area (Å²) in [6.07, 6.45) is 8.03. The van der Waals surface area contributed by atoms with Gasteiger partial charge in [0.15, 0.2) is 6.10 Å². The van der Waals surface area contributed by atoms with Crippen LogP contribution < -0.4 is 4.74 Å². The van der Waals surface area contributed by atoms with Gasteiger partial charge in [0.25, 0.3) is 0 Å². The number of unbranched alkanes of at least 4 members (excludes halogenated alkanes) is 5. The first kappa shape index (κ1) is 29.3. The molecule has 0 bridgehead atoms. The Morgan fingerprint density at radius 3 is 2.24 bits per heavy atom. The number of carboxylic acids is 1. The second kappa shape index (κ2) is 13.5. The number of carbonyl (C=O) groups excluding carboxylic acids is 1. The average Bonchev–Trinajstić information content (AvgIpc) is 3.20. The number of nitrogens with zero attached hydrogens (tertiary/aromatic N) is 1. The minimum Gasteiger partial charge on any atom is -0.490 e. The summed E-state index contributed by atoms with van der Waals surface area (Å²) in [6.45, 7) is 9.91. The maximum atomic E-state index is 12.5. The van der Waals surface area contributed by atoms with Crippen LogP contribution >= 0.6 is 0 Å². The van der Waals surface area contributed by atoms with Crippen LogP contribution in [0.3, 0.4) is 0 Å². The molecule has 0 spiro atoms. The Morgan fingerprint density at radius 2 is 1.61 bits per heavy atom. The third-order valence-electron chi connectivity index (χ3n) is 6.82. The normalized spacial score (nSPS) is 12.4. The van der Waals surface area contributed by atoms with Crippen LogP contribution in [0.15, 0.2) is 48.5 Å². The van der Waals surface area contributed by atoms with E-state index >= 15 is 0 Å². The van der Waals surface area contributed by atoms with Crippen molar-refractivity contribution in [2.75, 3.05) is 6.61 Å². The van der Waals surface area contributed by atoms with E-state index in [9.17, 15) is 14.7 Å². The first-order valence-corrected chi connectivity index (χ1v) is 13.9. The zero-order valence-electron chi connectivity index (χ0n) is 23.6. The molecule has 0 saturated heterocycles. The van der Waals surface area contributed by atoms with Gasteiger partial charge >= 0.3 is 11.9 Å². The second-order valence-corrected chi connectivity index (χ2v) is 11.1. The Morgan fingerprint density at radius 1 is 0.947 bits per heavy atom. The van der Waals surface area contributed by atoms with Crippen LogP contribution in [-0.2, 0) is 27.9 Å². The van der Waals surface area contributed by atoms with Gasteiger partial charge in [-0.2, -0.15) is 0 Å². The molecule has 0 radical (unpaired) electrons. The quantitative estimate of drug-likeness (QED) is 0.175. The lowest BCUT2D eigenvalue weighted by molar-refractivity contribution is -0.148. The summed E-state index contributed by atoms with van der Waals surface area (Å²) in [4.78, 5) is 24.4. The molecule has 38 heavy (non-hydrogen) atoms. The molecule has 2 aromatic carbocycles. The van der Waals surface area contributed by atoms with Crippen LogP contribution in [0.25, 0.3) is 10.9 Å². The molecule has 1 unspecified atom stereocenters. The number of benzene rings is 2. The van der Waals surface area contributed by atoms with Crippen molar-refractivity contribution < 1.29 is 24.2 Å². The van der Waals surface area contributed by atoms with Gasteiger partial charge in [0.05, 0.1) is 6.54 Å². The van der Waals surface area contributed by atoms with Crippen LogP contribution in [0.4, 0.5) is 0 Å². The summed E-state index contributed by atoms with van der Waals surface area (Å²) in [5.74, 6) is -0.744. The molecule has 1 heterocycles. The Labute approximate surface area is 227 Å². The molecule has 3 aromatic rings. The number of aromatic carboxylic acids is 1. The Hall–Kier alpha value is -3.28. The molecule has 0 amide bonds.